The zero-order chi connectivity index (χ0) is 11.5. The average Bonchev–Trinajstić information content (AvgIpc) is 2.65. The molecule has 92 valence electrons. The molecule has 3 heteroatoms. The van der Waals surface area contributed by atoms with Gasteiger partial charge in [0.05, 0.1) is 0 Å². The second-order valence-electron chi connectivity index (χ2n) is 5.47. The number of nitrogens with two attached hydrogens (primary N) is 1. The fourth-order valence-electron chi connectivity index (χ4n) is 2.74. The van der Waals surface area contributed by atoms with Gasteiger partial charge in [0, 0.05) is 44.8 Å². The van der Waals surface area contributed by atoms with Crippen molar-refractivity contribution in [2.75, 3.05) is 32.7 Å². The minimum absolute atomic E-state index is 0.307. The highest BCUT2D eigenvalue weighted by atomic mass is 15.3. The van der Waals surface area contributed by atoms with Crippen LogP contribution in [0.1, 0.15) is 20.3 Å². The largest absolute Gasteiger partial charge is 0.324 e. The van der Waals surface area contributed by atoms with Gasteiger partial charge in [-0.25, -0.2) is 0 Å². The lowest BCUT2D eigenvalue weighted by atomic mass is 10.1. The molecule has 1 fully saturated rings. The van der Waals surface area contributed by atoms with Gasteiger partial charge >= 0.3 is 0 Å². The SMILES string of the molecule is CC(C)N1CCN(CC2C=CC(N)C2)CC1. The molecular formula is C13H25N3. The fraction of sp³-hybridized carbons (Fsp3) is 0.846. The lowest BCUT2D eigenvalue weighted by Crippen LogP contribution is -2.49. The Bertz CT molecular complexity index is 242. The van der Waals surface area contributed by atoms with Crippen LogP contribution in [-0.2, 0) is 0 Å². The van der Waals surface area contributed by atoms with E-state index in [4.69, 9.17) is 5.73 Å². The molecule has 1 heterocycles. The molecule has 1 aliphatic heterocycles. The highest BCUT2D eigenvalue weighted by Gasteiger charge is 2.22. The summed E-state index contributed by atoms with van der Waals surface area (Å²) in [5.74, 6) is 0.695. The quantitative estimate of drug-likeness (QED) is 0.722. The third-order valence-corrected chi connectivity index (χ3v) is 3.84. The molecule has 2 rings (SSSR count). The van der Waals surface area contributed by atoms with E-state index in [9.17, 15) is 0 Å². The van der Waals surface area contributed by atoms with Crippen molar-refractivity contribution < 1.29 is 0 Å². The van der Waals surface area contributed by atoms with Crippen LogP contribution in [0.3, 0.4) is 0 Å². The van der Waals surface area contributed by atoms with Gasteiger partial charge in [-0.1, -0.05) is 12.2 Å². The topological polar surface area (TPSA) is 32.5 Å². The van der Waals surface area contributed by atoms with Crippen molar-refractivity contribution in [3.8, 4) is 0 Å². The van der Waals surface area contributed by atoms with Crippen molar-refractivity contribution >= 4 is 0 Å². The predicted molar refractivity (Wildman–Crippen MR) is 68.4 cm³/mol. The third-order valence-electron chi connectivity index (χ3n) is 3.84. The lowest BCUT2D eigenvalue weighted by Gasteiger charge is -2.37. The predicted octanol–water partition coefficient (Wildman–Crippen LogP) is 0.916. The Hall–Kier alpha value is -0.380. The molecule has 0 bridgehead atoms. The Balaban J connectivity index is 1.71. The fourth-order valence-corrected chi connectivity index (χ4v) is 2.74. The number of rotatable bonds is 3. The zero-order valence-corrected chi connectivity index (χ0v) is 10.6. The second kappa shape index (κ2) is 5.30. The summed E-state index contributed by atoms with van der Waals surface area (Å²) in [4.78, 5) is 5.15. The number of hydrogen-bond acceptors (Lipinski definition) is 3. The van der Waals surface area contributed by atoms with Gasteiger partial charge in [-0.2, -0.15) is 0 Å². The maximum Gasteiger partial charge on any atom is 0.0229 e. The number of nitrogens with zero attached hydrogens (tertiary/aromatic N) is 2. The van der Waals surface area contributed by atoms with Gasteiger partial charge in [0.1, 0.15) is 0 Å². The molecule has 0 saturated carbocycles. The van der Waals surface area contributed by atoms with E-state index in [1.165, 1.54) is 32.7 Å². The van der Waals surface area contributed by atoms with E-state index in [-0.39, 0.29) is 0 Å². The van der Waals surface area contributed by atoms with E-state index in [1.807, 2.05) is 0 Å². The molecule has 3 nitrogen and oxygen atoms in total. The number of piperazine rings is 1. The maximum absolute atomic E-state index is 5.88. The Morgan fingerprint density at radius 2 is 1.88 bits per heavy atom. The van der Waals surface area contributed by atoms with Gasteiger partial charge in [0.2, 0.25) is 0 Å². The average molecular weight is 223 g/mol. The van der Waals surface area contributed by atoms with Crippen LogP contribution in [0.4, 0.5) is 0 Å². The first-order chi connectivity index (χ1) is 7.65. The molecule has 2 aliphatic rings. The molecule has 0 radical (unpaired) electrons. The van der Waals surface area contributed by atoms with E-state index >= 15 is 0 Å². The van der Waals surface area contributed by atoms with Crippen molar-refractivity contribution in [1.29, 1.82) is 0 Å². The Morgan fingerprint density at radius 3 is 2.38 bits per heavy atom. The summed E-state index contributed by atoms with van der Waals surface area (Å²) in [6, 6.07) is 1.00. The highest BCUT2D eigenvalue weighted by Crippen LogP contribution is 2.18. The van der Waals surface area contributed by atoms with Crippen molar-refractivity contribution in [3.05, 3.63) is 12.2 Å². The van der Waals surface area contributed by atoms with Crippen molar-refractivity contribution in [2.45, 2.75) is 32.4 Å². The summed E-state index contributed by atoms with van der Waals surface area (Å²) in [5, 5.41) is 0. The van der Waals surface area contributed by atoms with Crippen LogP contribution >= 0.6 is 0 Å². The summed E-state index contributed by atoms with van der Waals surface area (Å²) in [6.07, 6.45) is 5.61. The molecule has 2 N–H and O–H groups in total. The monoisotopic (exact) mass is 223 g/mol. The molecule has 0 aromatic heterocycles. The molecule has 0 aromatic rings. The standard InChI is InChI=1S/C13H25N3/c1-11(2)16-7-5-15(6-8-16)10-12-3-4-13(14)9-12/h3-4,11-13H,5-10,14H2,1-2H3. The molecule has 0 spiro atoms. The molecule has 0 amide bonds. The number of hydrogen-bond donors (Lipinski definition) is 1. The lowest BCUT2D eigenvalue weighted by molar-refractivity contribution is 0.101. The van der Waals surface area contributed by atoms with E-state index < -0.39 is 0 Å². The van der Waals surface area contributed by atoms with Crippen LogP contribution in [0.25, 0.3) is 0 Å². The normalized spacial score (nSPS) is 32.8. The van der Waals surface area contributed by atoms with Crippen LogP contribution in [0.2, 0.25) is 0 Å². The first-order valence-electron chi connectivity index (χ1n) is 6.55. The van der Waals surface area contributed by atoms with E-state index in [1.54, 1.807) is 0 Å². The molecule has 1 saturated heterocycles. The van der Waals surface area contributed by atoms with Gasteiger partial charge < -0.3 is 10.6 Å². The van der Waals surface area contributed by atoms with E-state index in [0.29, 0.717) is 18.0 Å². The Kier molecular flexibility index (Phi) is 4.00. The summed E-state index contributed by atoms with van der Waals surface area (Å²) in [6.45, 7) is 10.7. The van der Waals surface area contributed by atoms with Gasteiger partial charge in [-0.3, -0.25) is 4.90 Å². The minimum atomic E-state index is 0.307. The van der Waals surface area contributed by atoms with Crippen LogP contribution in [0.5, 0.6) is 0 Å². The smallest absolute Gasteiger partial charge is 0.0229 e. The third kappa shape index (κ3) is 3.06. The van der Waals surface area contributed by atoms with E-state index in [0.717, 1.165) is 6.42 Å². The van der Waals surface area contributed by atoms with Crippen molar-refractivity contribution in [3.63, 3.8) is 0 Å². The summed E-state index contributed by atoms with van der Waals surface area (Å²) in [5.41, 5.74) is 5.88. The second-order valence-corrected chi connectivity index (χ2v) is 5.47. The molecular weight excluding hydrogens is 198 g/mol. The summed E-state index contributed by atoms with van der Waals surface area (Å²) >= 11 is 0. The zero-order valence-electron chi connectivity index (χ0n) is 10.6. The van der Waals surface area contributed by atoms with Crippen LogP contribution in [0.15, 0.2) is 12.2 Å². The summed E-state index contributed by atoms with van der Waals surface area (Å²) in [7, 11) is 0. The molecule has 0 aromatic carbocycles. The van der Waals surface area contributed by atoms with Crippen molar-refractivity contribution in [2.24, 2.45) is 11.7 Å². The molecule has 1 aliphatic carbocycles. The van der Waals surface area contributed by atoms with Crippen LogP contribution in [0, 0.1) is 5.92 Å². The molecule has 16 heavy (non-hydrogen) atoms. The first-order valence-corrected chi connectivity index (χ1v) is 6.55. The maximum atomic E-state index is 5.88. The molecule has 2 atom stereocenters. The van der Waals surface area contributed by atoms with Crippen molar-refractivity contribution in [1.82, 2.24) is 9.80 Å². The molecule has 2 unspecified atom stereocenters. The van der Waals surface area contributed by atoms with Crippen LogP contribution in [-0.4, -0.2) is 54.6 Å². The van der Waals surface area contributed by atoms with Gasteiger partial charge in [0.25, 0.3) is 0 Å². The van der Waals surface area contributed by atoms with Gasteiger partial charge in [-0.15, -0.1) is 0 Å². The van der Waals surface area contributed by atoms with E-state index in [2.05, 4.69) is 35.8 Å². The summed E-state index contributed by atoms with van der Waals surface area (Å²) < 4.78 is 0. The Morgan fingerprint density at radius 1 is 1.19 bits per heavy atom. The Labute approximate surface area is 99.3 Å². The first kappa shape index (κ1) is 12.1. The van der Waals surface area contributed by atoms with Crippen LogP contribution < -0.4 is 5.73 Å². The van der Waals surface area contributed by atoms with Gasteiger partial charge in [-0.05, 0) is 26.2 Å². The minimum Gasteiger partial charge on any atom is -0.324 e. The highest BCUT2D eigenvalue weighted by molar-refractivity contribution is 5.05. The van der Waals surface area contributed by atoms with Gasteiger partial charge in [0.15, 0.2) is 0 Å².